The molecule has 0 spiro atoms. The van der Waals surface area contributed by atoms with Crippen LogP contribution in [-0.4, -0.2) is 9.97 Å². The Hall–Kier alpha value is -3.65. The summed E-state index contributed by atoms with van der Waals surface area (Å²) in [6.07, 6.45) is 3.82. The predicted octanol–water partition coefficient (Wildman–Crippen LogP) is 12.2. The Morgan fingerprint density at radius 3 is 1.96 bits per heavy atom. The van der Waals surface area contributed by atoms with Crippen molar-refractivity contribution in [1.82, 2.24) is 9.97 Å². The average molecular weight is 797 g/mol. The van der Waals surface area contributed by atoms with Gasteiger partial charge in [-0.15, -0.1) is 70.3 Å². The summed E-state index contributed by atoms with van der Waals surface area (Å²) in [4.78, 5) is 9.27. The number of nitrogens with zero attached hydrogens (tertiary/aromatic N) is 2. The smallest absolute Gasteiger partial charge is 0.0167 e. The van der Waals surface area contributed by atoms with Crippen LogP contribution in [0.5, 0.6) is 0 Å². The van der Waals surface area contributed by atoms with Crippen LogP contribution in [0.4, 0.5) is 0 Å². The number of rotatable bonds is 4. The number of aromatic nitrogens is 2. The van der Waals surface area contributed by atoms with Gasteiger partial charge in [0.25, 0.3) is 0 Å². The van der Waals surface area contributed by atoms with Gasteiger partial charge in [0.2, 0.25) is 0 Å². The van der Waals surface area contributed by atoms with Crippen LogP contribution in [0.2, 0.25) is 0 Å². The minimum atomic E-state index is 0. The van der Waals surface area contributed by atoms with Gasteiger partial charge in [-0.2, -0.15) is 0 Å². The quantitative estimate of drug-likeness (QED) is 0.131. The fourth-order valence-electron chi connectivity index (χ4n) is 5.66. The van der Waals surface area contributed by atoms with Crippen molar-refractivity contribution in [3.63, 3.8) is 0 Å². The predicted molar refractivity (Wildman–Crippen MR) is 198 cm³/mol. The second-order valence-electron chi connectivity index (χ2n) is 15.1. The summed E-state index contributed by atoms with van der Waals surface area (Å²) >= 11 is 0. The second-order valence-corrected chi connectivity index (χ2v) is 15.1. The normalized spacial score (nSPS) is 11.8. The van der Waals surface area contributed by atoms with Gasteiger partial charge in [0.05, 0.1) is 0 Å². The molecule has 2 nitrogen and oxygen atoms in total. The molecule has 0 aliphatic carbocycles. The van der Waals surface area contributed by atoms with E-state index in [1.165, 1.54) is 43.8 Å². The van der Waals surface area contributed by atoms with Crippen molar-refractivity contribution in [3.05, 3.63) is 132 Å². The largest absolute Gasteiger partial charge is 0.305 e. The first kappa shape index (κ1) is 36.2. The van der Waals surface area contributed by atoms with Crippen molar-refractivity contribution in [2.24, 2.45) is 0 Å². The maximum absolute atomic E-state index is 4.75. The molecule has 0 N–H and O–H groups in total. The van der Waals surface area contributed by atoms with E-state index in [0.717, 1.165) is 22.5 Å². The van der Waals surface area contributed by atoms with Crippen LogP contribution in [0.1, 0.15) is 103 Å². The van der Waals surface area contributed by atoms with Gasteiger partial charge in [0, 0.05) is 32.5 Å². The molecular formula is C44H48IrN2-2. The molecule has 0 fully saturated rings. The summed E-state index contributed by atoms with van der Waals surface area (Å²) in [7, 11) is 0. The minimum absolute atomic E-state index is 0. The van der Waals surface area contributed by atoms with E-state index in [1.807, 2.05) is 18.5 Å². The van der Waals surface area contributed by atoms with Crippen LogP contribution in [-0.2, 0) is 30.9 Å². The van der Waals surface area contributed by atoms with Crippen molar-refractivity contribution in [2.75, 3.05) is 0 Å². The van der Waals surface area contributed by atoms with Crippen LogP contribution < -0.4 is 0 Å². The molecule has 4 aromatic carbocycles. The third-order valence-corrected chi connectivity index (χ3v) is 8.70. The van der Waals surface area contributed by atoms with Gasteiger partial charge in [0.15, 0.2) is 0 Å². The van der Waals surface area contributed by atoms with E-state index in [2.05, 4.69) is 165 Å². The van der Waals surface area contributed by atoms with Gasteiger partial charge in [-0.05, 0) is 73.3 Å². The van der Waals surface area contributed by atoms with Gasteiger partial charge in [-0.25, -0.2) is 0 Å². The van der Waals surface area contributed by atoms with Crippen molar-refractivity contribution in [2.45, 2.75) is 91.9 Å². The van der Waals surface area contributed by atoms with Gasteiger partial charge >= 0.3 is 0 Å². The molecule has 245 valence electrons. The molecule has 0 saturated heterocycles. The fourth-order valence-corrected chi connectivity index (χ4v) is 5.66. The SMILES string of the molecule is CC(C)(C)c1cc[c-]c(-c2cc(C(C)(C)C)ccn2)c1.CC(C)c1[c-]c(-c2nccc3c2ccc2ccccc23)cc(C(C)C)c1.[Ir]. The number of fused-ring (bicyclic) bond motifs is 3. The van der Waals surface area contributed by atoms with Crippen LogP contribution in [0.25, 0.3) is 44.1 Å². The molecule has 0 unspecified atom stereocenters. The van der Waals surface area contributed by atoms with E-state index in [4.69, 9.17) is 4.98 Å². The Morgan fingerprint density at radius 1 is 0.596 bits per heavy atom. The summed E-state index contributed by atoms with van der Waals surface area (Å²) < 4.78 is 0. The first-order valence-corrected chi connectivity index (χ1v) is 16.6. The van der Waals surface area contributed by atoms with Crippen molar-refractivity contribution >= 4 is 21.5 Å². The third-order valence-electron chi connectivity index (χ3n) is 8.70. The average Bonchev–Trinajstić information content (AvgIpc) is 3.03. The minimum Gasteiger partial charge on any atom is -0.305 e. The monoisotopic (exact) mass is 797 g/mol. The molecule has 0 aliphatic rings. The van der Waals surface area contributed by atoms with E-state index < -0.39 is 0 Å². The van der Waals surface area contributed by atoms with Crippen molar-refractivity contribution < 1.29 is 20.1 Å². The summed E-state index contributed by atoms with van der Waals surface area (Å²) in [5.41, 5.74) is 9.70. The van der Waals surface area contributed by atoms with Gasteiger partial charge in [-0.3, -0.25) is 0 Å². The summed E-state index contributed by atoms with van der Waals surface area (Å²) in [6, 6.07) is 37.2. The molecule has 0 amide bonds. The second kappa shape index (κ2) is 14.6. The van der Waals surface area contributed by atoms with Gasteiger partial charge < -0.3 is 9.97 Å². The maximum Gasteiger partial charge on any atom is 0.0167 e. The van der Waals surface area contributed by atoms with E-state index >= 15 is 0 Å². The van der Waals surface area contributed by atoms with Crippen LogP contribution in [0.3, 0.4) is 0 Å². The van der Waals surface area contributed by atoms with Crippen LogP contribution >= 0.6 is 0 Å². The van der Waals surface area contributed by atoms with E-state index in [-0.39, 0.29) is 30.9 Å². The fraction of sp³-hybridized carbons (Fsp3) is 0.318. The van der Waals surface area contributed by atoms with Crippen LogP contribution in [0, 0.1) is 12.1 Å². The number of hydrogen-bond acceptors (Lipinski definition) is 2. The van der Waals surface area contributed by atoms with E-state index in [1.54, 1.807) is 0 Å². The summed E-state index contributed by atoms with van der Waals surface area (Å²) in [5, 5.41) is 4.98. The first-order chi connectivity index (χ1) is 21.7. The summed E-state index contributed by atoms with van der Waals surface area (Å²) in [6.45, 7) is 22.3. The molecular weight excluding hydrogens is 749 g/mol. The van der Waals surface area contributed by atoms with E-state index in [9.17, 15) is 0 Å². The standard InChI is InChI=1S/C25H24N.C19H24N.Ir/c1-16(2)19-13-20(17(3)4)15-21(14-19)25-24-10-9-18-7-5-6-8-22(18)23(24)11-12-26-25;1-18(2,3)15-9-7-8-14(12-15)17-13-16(10-11-20-17)19(4,5)6;/h5-14,16-17H,1-4H3;7,9-13H,1-6H3;/q2*-1;. The van der Waals surface area contributed by atoms with Crippen molar-refractivity contribution in [1.29, 1.82) is 0 Å². The number of hydrogen-bond donors (Lipinski definition) is 0. The molecule has 0 saturated carbocycles. The zero-order valence-electron chi connectivity index (χ0n) is 29.6. The Bertz CT molecular complexity index is 1890. The van der Waals surface area contributed by atoms with Crippen molar-refractivity contribution in [3.8, 4) is 22.5 Å². The molecule has 6 rings (SSSR count). The summed E-state index contributed by atoms with van der Waals surface area (Å²) in [5.74, 6) is 0.930. The molecule has 6 aromatic rings. The molecule has 2 aromatic heterocycles. The Kier molecular flexibility index (Phi) is 11.3. The Labute approximate surface area is 296 Å². The first-order valence-electron chi connectivity index (χ1n) is 16.6. The Morgan fingerprint density at radius 2 is 1.28 bits per heavy atom. The third kappa shape index (κ3) is 8.45. The topological polar surface area (TPSA) is 25.8 Å². The van der Waals surface area contributed by atoms with Gasteiger partial charge in [0.1, 0.15) is 0 Å². The molecule has 0 aliphatic heterocycles. The Balaban J connectivity index is 0.000000216. The molecule has 0 atom stereocenters. The van der Waals surface area contributed by atoms with Crippen LogP contribution in [0.15, 0.2) is 97.3 Å². The molecule has 3 heteroatoms. The van der Waals surface area contributed by atoms with E-state index in [0.29, 0.717) is 11.8 Å². The molecule has 1 radical (unpaired) electrons. The zero-order valence-corrected chi connectivity index (χ0v) is 32.0. The molecule has 47 heavy (non-hydrogen) atoms. The zero-order chi connectivity index (χ0) is 33.2. The van der Waals surface area contributed by atoms with Gasteiger partial charge in [-0.1, -0.05) is 112 Å². The molecule has 0 bridgehead atoms. The maximum atomic E-state index is 4.75. The number of pyridine rings is 2. The number of benzene rings is 4. The molecule has 2 heterocycles.